The van der Waals surface area contributed by atoms with Gasteiger partial charge in [0.1, 0.15) is 6.04 Å². The maximum Gasteiger partial charge on any atom is 0.326 e. The lowest BCUT2D eigenvalue weighted by Crippen LogP contribution is -2.50. The molecule has 0 aliphatic heterocycles. The van der Waals surface area contributed by atoms with E-state index in [9.17, 15) is 14.4 Å². The van der Waals surface area contributed by atoms with Crippen LogP contribution in [0.15, 0.2) is 0 Å². The molecule has 0 spiro atoms. The molecule has 1 aliphatic carbocycles. The lowest BCUT2D eigenvalue weighted by Gasteiger charge is -2.24. The van der Waals surface area contributed by atoms with Crippen LogP contribution < -0.4 is 11.1 Å². The molecule has 3 amide bonds. The van der Waals surface area contributed by atoms with Crippen molar-refractivity contribution in [2.45, 2.75) is 51.1 Å². The van der Waals surface area contributed by atoms with Crippen LogP contribution in [0.1, 0.15) is 39.0 Å². The molecule has 108 valence electrons. The number of amides is 3. The zero-order valence-electron chi connectivity index (χ0n) is 11.1. The number of nitrogens with one attached hydrogen (secondary N) is 1. The summed E-state index contributed by atoms with van der Waals surface area (Å²) in [6, 6.07) is -1.48. The SMILES string of the molecule is CCCCN(C(=O)N[C@H](CC(N)=O)C(=O)O)C1CC1. The molecule has 1 aliphatic rings. The third kappa shape index (κ3) is 5.15. The Morgan fingerprint density at radius 1 is 1.42 bits per heavy atom. The number of carboxylic acid groups (broad SMARTS) is 1. The van der Waals surface area contributed by atoms with Crippen LogP contribution in [0.5, 0.6) is 0 Å². The molecule has 0 aromatic rings. The number of hydrogen-bond acceptors (Lipinski definition) is 3. The molecule has 0 radical (unpaired) electrons. The smallest absolute Gasteiger partial charge is 0.326 e. The Kier molecular flexibility index (Phi) is 5.59. The summed E-state index contributed by atoms with van der Waals surface area (Å²) in [6.07, 6.45) is 3.33. The van der Waals surface area contributed by atoms with E-state index in [0.717, 1.165) is 25.7 Å². The standard InChI is InChI=1S/C12H21N3O4/c1-2-3-6-15(8-4-5-8)12(19)14-9(11(17)18)7-10(13)16/h8-9H,2-7H2,1H3,(H2,13,16)(H,14,19)(H,17,18)/t9-/m1/s1. The van der Waals surface area contributed by atoms with Crippen molar-refractivity contribution in [3.63, 3.8) is 0 Å². The second-order valence-corrected chi connectivity index (χ2v) is 4.79. The van der Waals surface area contributed by atoms with Crippen molar-refractivity contribution in [1.82, 2.24) is 10.2 Å². The summed E-state index contributed by atoms with van der Waals surface area (Å²) in [5.41, 5.74) is 4.97. The van der Waals surface area contributed by atoms with E-state index in [-0.39, 0.29) is 6.04 Å². The van der Waals surface area contributed by atoms with Gasteiger partial charge in [-0.25, -0.2) is 9.59 Å². The molecular formula is C12H21N3O4. The van der Waals surface area contributed by atoms with Crippen molar-refractivity contribution in [1.29, 1.82) is 0 Å². The number of carbonyl (C=O) groups excluding carboxylic acids is 2. The van der Waals surface area contributed by atoms with E-state index in [1.807, 2.05) is 6.92 Å². The summed E-state index contributed by atoms with van der Waals surface area (Å²) in [4.78, 5) is 35.4. The van der Waals surface area contributed by atoms with Crippen molar-refractivity contribution in [2.75, 3.05) is 6.54 Å². The Morgan fingerprint density at radius 2 is 2.05 bits per heavy atom. The Hall–Kier alpha value is -1.79. The van der Waals surface area contributed by atoms with E-state index < -0.39 is 30.4 Å². The van der Waals surface area contributed by atoms with Crippen LogP contribution in [0.3, 0.4) is 0 Å². The van der Waals surface area contributed by atoms with Gasteiger partial charge in [-0.2, -0.15) is 0 Å². The average Bonchev–Trinajstić information content (AvgIpc) is 3.12. The molecule has 4 N–H and O–H groups in total. The van der Waals surface area contributed by atoms with Crippen LogP contribution in [0.25, 0.3) is 0 Å². The molecule has 0 heterocycles. The fourth-order valence-electron chi connectivity index (χ4n) is 1.80. The number of urea groups is 1. The average molecular weight is 271 g/mol. The first kappa shape index (κ1) is 15.3. The zero-order valence-corrected chi connectivity index (χ0v) is 11.1. The first-order valence-corrected chi connectivity index (χ1v) is 6.54. The summed E-state index contributed by atoms with van der Waals surface area (Å²) < 4.78 is 0. The van der Waals surface area contributed by atoms with Gasteiger partial charge in [0, 0.05) is 12.6 Å². The minimum absolute atomic E-state index is 0.203. The first-order chi connectivity index (χ1) is 8.95. The quantitative estimate of drug-likeness (QED) is 0.588. The van der Waals surface area contributed by atoms with Crippen LogP contribution in [-0.2, 0) is 9.59 Å². The van der Waals surface area contributed by atoms with Gasteiger partial charge in [-0.3, -0.25) is 4.79 Å². The van der Waals surface area contributed by atoms with E-state index in [2.05, 4.69) is 5.32 Å². The van der Waals surface area contributed by atoms with Gasteiger partial charge in [0.2, 0.25) is 5.91 Å². The van der Waals surface area contributed by atoms with Crippen molar-refractivity contribution < 1.29 is 19.5 Å². The lowest BCUT2D eigenvalue weighted by atomic mass is 10.2. The third-order valence-electron chi connectivity index (χ3n) is 3.00. The van der Waals surface area contributed by atoms with Crippen molar-refractivity contribution in [2.24, 2.45) is 5.73 Å². The van der Waals surface area contributed by atoms with E-state index >= 15 is 0 Å². The molecular weight excluding hydrogens is 250 g/mol. The Balaban J connectivity index is 2.57. The minimum Gasteiger partial charge on any atom is -0.480 e. The number of carboxylic acids is 1. The molecule has 19 heavy (non-hydrogen) atoms. The molecule has 7 heteroatoms. The number of rotatable bonds is 8. The Bertz CT molecular complexity index is 355. The molecule has 7 nitrogen and oxygen atoms in total. The summed E-state index contributed by atoms with van der Waals surface area (Å²) in [5.74, 6) is -2.00. The lowest BCUT2D eigenvalue weighted by molar-refractivity contribution is -0.141. The maximum absolute atomic E-state index is 12.0. The molecule has 1 saturated carbocycles. The van der Waals surface area contributed by atoms with Gasteiger partial charge in [0.15, 0.2) is 0 Å². The molecule has 1 fully saturated rings. The van der Waals surface area contributed by atoms with Gasteiger partial charge in [0.05, 0.1) is 6.42 Å². The van der Waals surface area contributed by atoms with Gasteiger partial charge >= 0.3 is 12.0 Å². The molecule has 0 bridgehead atoms. The topological polar surface area (TPSA) is 113 Å². The highest BCUT2D eigenvalue weighted by Gasteiger charge is 2.34. The molecule has 1 rings (SSSR count). The number of carbonyl (C=O) groups is 3. The predicted molar refractivity (Wildman–Crippen MR) is 68.4 cm³/mol. The minimum atomic E-state index is -1.26. The number of nitrogens with two attached hydrogens (primary N) is 1. The largest absolute Gasteiger partial charge is 0.480 e. The van der Waals surface area contributed by atoms with E-state index in [4.69, 9.17) is 10.8 Å². The normalized spacial score (nSPS) is 15.6. The van der Waals surface area contributed by atoms with Crippen molar-refractivity contribution in [3.8, 4) is 0 Å². The van der Waals surface area contributed by atoms with Crippen molar-refractivity contribution >= 4 is 17.9 Å². The fourth-order valence-corrected chi connectivity index (χ4v) is 1.80. The van der Waals surface area contributed by atoms with Crippen LogP contribution in [-0.4, -0.2) is 46.5 Å². The van der Waals surface area contributed by atoms with E-state index in [0.29, 0.717) is 6.54 Å². The zero-order chi connectivity index (χ0) is 14.4. The molecule has 0 aromatic carbocycles. The van der Waals surface area contributed by atoms with Gasteiger partial charge in [-0.15, -0.1) is 0 Å². The summed E-state index contributed by atoms with van der Waals surface area (Å²) in [5, 5.41) is 11.3. The number of primary amides is 1. The third-order valence-corrected chi connectivity index (χ3v) is 3.00. The molecule has 1 atom stereocenters. The Labute approximate surface area is 112 Å². The monoisotopic (exact) mass is 271 g/mol. The maximum atomic E-state index is 12.0. The van der Waals surface area contributed by atoms with Gasteiger partial charge in [0.25, 0.3) is 0 Å². The first-order valence-electron chi connectivity index (χ1n) is 6.54. The van der Waals surface area contributed by atoms with Crippen LogP contribution in [0, 0.1) is 0 Å². The number of nitrogens with zero attached hydrogens (tertiary/aromatic N) is 1. The molecule has 0 saturated heterocycles. The highest BCUT2D eigenvalue weighted by Crippen LogP contribution is 2.27. The summed E-state index contributed by atoms with van der Waals surface area (Å²) in [6.45, 7) is 2.63. The summed E-state index contributed by atoms with van der Waals surface area (Å²) >= 11 is 0. The second-order valence-electron chi connectivity index (χ2n) is 4.79. The second kappa shape index (κ2) is 6.96. The van der Waals surface area contributed by atoms with Gasteiger partial charge < -0.3 is 21.1 Å². The molecule has 0 aromatic heterocycles. The Morgan fingerprint density at radius 3 is 2.47 bits per heavy atom. The number of aliphatic carboxylic acids is 1. The van der Waals surface area contributed by atoms with Crippen LogP contribution in [0.2, 0.25) is 0 Å². The fraction of sp³-hybridized carbons (Fsp3) is 0.750. The number of hydrogen-bond donors (Lipinski definition) is 3. The van der Waals surface area contributed by atoms with E-state index in [1.54, 1.807) is 4.90 Å². The highest BCUT2D eigenvalue weighted by molar-refractivity contribution is 5.87. The number of unbranched alkanes of at least 4 members (excludes halogenated alkanes) is 1. The highest BCUT2D eigenvalue weighted by atomic mass is 16.4. The van der Waals surface area contributed by atoms with E-state index in [1.165, 1.54) is 0 Å². The van der Waals surface area contributed by atoms with Crippen molar-refractivity contribution in [3.05, 3.63) is 0 Å². The van der Waals surface area contributed by atoms with Crippen LogP contribution >= 0.6 is 0 Å². The van der Waals surface area contributed by atoms with Gasteiger partial charge in [-0.05, 0) is 19.3 Å². The predicted octanol–water partition coefficient (Wildman–Crippen LogP) is 0.289. The van der Waals surface area contributed by atoms with Crippen LogP contribution in [0.4, 0.5) is 4.79 Å². The molecule has 0 unspecified atom stereocenters. The summed E-state index contributed by atoms with van der Waals surface area (Å²) in [7, 11) is 0. The van der Waals surface area contributed by atoms with Gasteiger partial charge in [-0.1, -0.05) is 13.3 Å².